The van der Waals surface area contributed by atoms with Gasteiger partial charge in [0.25, 0.3) is 0 Å². The molecule has 1 atom stereocenters. The largest absolute Gasteiger partial charge is 0.462 e. The highest BCUT2D eigenvalue weighted by Gasteiger charge is 2.17. The Morgan fingerprint density at radius 3 is 1.06 bits per heavy atom. The summed E-state index contributed by atoms with van der Waals surface area (Å²) in [5.41, 5.74) is 0. The van der Waals surface area contributed by atoms with Gasteiger partial charge in [-0.3, -0.25) is 9.59 Å². The fourth-order valence-electron chi connectivity index (χ4n) is 6.70. The van der Waals surface area contributed by atoms with Crippen molar-refractivity contribution in [3.05, 3.63) is 122 Å². The number of ether oxygens (including phenoxy) is 3. The maximum atomic E-state index is 12.8. The van der Waals surface area contributed by atoms with Crippen molar-refractivity contribution in [1.29, 1.82) is 0 Å². The molecule has 0 rings (SSSR count). The number of unbranched alkanes of at least 4 members (excludes halogenated alkanes) is 15. The maximum absolute atomic E-state index is 12.8. The second kappa shape index (κ2) is 53.6. The standard InChI is InChI=1S/C59H96O5/c1-4-7-10-13-16-19-22-25-27-29-31-33-36-39-42-45-48-51-54-62-55-57(64-59(61)53-50-47-44-41-38-34-24-21-18-15-12-9-6-3)56-63-58(60)52-49-46-43-40-37-35-32-30-28-26-23-20-17-14-11-8-5-2/h7-12,16-21,25-28,31,33-34,38,57H,4-6,13-15,22-24,29-30,32,35-37,39-56H2,1-3H3/b10-7-,11-8-,12-9-,19-16-,20-17-,21-18-,27-25-,28-26-,33-31-,38-34-. The first-order chi connectivity index (χ1) is 31.6. The molecule has 0 N–H and O–H groups in total. The van der Waals surface area contributed by atoms with Crippen molar-refractivity contribution in [2.75, 3.05) is 19.8 Å². The minimum Gasteiger partial charge on any atom is -0.462 e. The highest BCUT2D eigenvalue weighted by Crippen LogP contribution is 2.13. The highest BCUT2D eigenvalue weighted by molar-refractivity contribution is 5.70. The van der Waals surface area contributed by atoms with Crippen molar-refractivity contribution in [1.82, 2.24) is 0 Å². The minimum atomic E-state index is -0.574. The first-order valence-electron chi connectivity index (χ1n) is 26.1. The topological polar surface area (TPSA) is 61.8 Å². The zero-order valence-electron chi connectivity index (χ0n) is 41.5. The summed E-state index contributed by atoms with van der Waals surface area (Å²) >= 11 is 0. The number of esters is 2. The minimum absolute atomic E-state index is 0.0526. The maximum Gasteiger partial charge on any atom is 0.306 e. The van der Waals surface area contributed by atoms with E-state index in [9.17, 15) is 9.59 Å². The summed E-state index contributed by atoms with van der Waals surface area (Å²) in [6.45, 7) is 7.39. The molecule has 5 heteroatoms. The van der Waals surface area contributed by atoms with Gasteiger partial charge in [0.2, 0.25) is 0 Å². The molecule has 1 unspecified atom stereocenters. The normalized spacial score (nSPS) is 13.2. The molecule has 0 aliphatic carbocycles. The van der Waals surface area contributed by atoms with Crippen LogP contribution in [0.3, 0.4) is 0 Å². The smallest absolute Gasteiger partial charge is 0.306 e. The molecule has 64 heavy (non-hydrogen) atoms. The Morgan fingerprint density at radius 2 is 0.656 bits per heavy atom. The molecule has 0 heterocycles. The van der Waals surface area contributed by atoms with Gasteiger partial charge in [-0.2, -0.15) is 0 Å². The lowest BCUT2D eigenvalue weighted by atomic mass is 10.1. The van der Waals surface area contributed by atoms with Gasteiger partial charge in [0.1, 0.15) is 6.61 Å². The Hall–Kier alpha value is -3.70. The molecule has 0 aliphatic rings. The van der Waals surface area contributed by atoms with Crippen LogP contribution in [-0.4, -0.2) is 37.9 Å². The second-order valence-electron chi connectivity index (χ2n) is 16.6. The summed E-state index contributed by atoms with van der Waals surface area (Å²) in [4.78, 5) is 25.4. The van der Waals surface area contributed by atoms with Gasteiger partial charge in [-0.1, -0.05) is 200 Å². The van der Waals surface area contributed by atoms with E-state index in [1.54, 1.807) is 0 Å². The highest BCUT2D eigenvalue weighted by atomic mass is 16.6. The van der Waals surface area contributed by atoms with Crippen molar-refractivity contribution in [2.24, 2.45) is 0 Å². The van der Waals surface area contributed by atoms with Crippen LogP contribution in [0.1, 0.15) is 213 Å². The summed E-state index contributed by atoms with van der Waals surface area (Å²) in [6, 6.07) is 0. The zero-order valence-corrected chi connectivity index (χ0v) is 41.5. The molecule has 5 nitrogen and oxygen atoms in total. The van der Waals surface area contributed by atoms with Gasteiger partial charge in [-0.25, -0.2) is 0 Å². The lowest BCUT2D eigenvalue weighted by Crippen LogP contribution is -2.30. The van der Waals surface area contributed by atoms with Gasteiger partial charge in [-0.05, 0) is 122 Å². The number of hydrogen-bond acceptors (Lipinski definition) is 5. The van der Waals surface area contributed by atoms with Crippen LogP contribution in [0.5, 0.6) is 0 Å². The summed E-state index contributed by atoms with van der Waals surface area (Å²) in [7, 11) is 0. The van der Waals surface area contributed by atoms with Gasteiger partial charge in [0.05, 0.1) is 6.61 Å². The van der Waals surface area contributed by atoms with Crippen molar-refractivity contribution in [3.8, 4) is 0 Å². The molecule has 0 aliphatic heterocycles. The van der Waals surface area contributed by atoms with E-state index >= 15 is 0 Å². The predicted molar refractivity (Wildman–Crippen MR) is 279 cm³/mol. The fourth-order valence-corrected chi connectivity index (χ4v) is 6.70. The molecule has 0 aromatic rings. The average Bonchev–Trinajstić information content (AvgIpc) is 3.30. The summed E-state index contributed by atoms with van der Waals surface area (Å²) in [5.74, 6) is -0.461. The summed E-state index contributed by atoms with van der Waals surface area (Å²) in [5, 5.41) is 0. The van der Waals surface area contributed by atoms with Crippen LogP contribution >= 0.6 is 0 Å². The lowest BCUT2D eigenvalue weighted by Gasteiger charge is -2.18. The number of rotatable bonds is 46. The molecule has 0 spiro atoms. The van der Waals surface area contributed by atoms with Crippen LogP contribution in [0.4, 0.5) is 0 Å². The number of carbonyl (C=O) groups is 2. The first kappa shape index (κ1) is 60.3. The number of carbonyl (C=O) groups excluding carboxylic acids is 2. The van der Waals surface area contributed by atoms with E-state index in [1.165, 1.54) is 44.9 Å². The van der Waals surface area contributed by atoms with E-state index in [0.29, 0.717) is 19.4 Å². The lowest BCUT2D eigenvalue weighted by molar-refractivity contribution is -0.163. The Balaban J connectivity index is 4.37. The third-order valence-electron chi connectivity index (χ3n) is 10.5. The predicted octanol–water partition coefficient (Wildman–Crippen LogP) is 17.8. The van der Waals surface area contributed by atoms with Gasteiger partial charge in [0.15, 0.2) is 6.10 Å². The Kier molecular flexibility index (Phi) is 50.5. The van der Waals surface area contributed by atoms with Gasteiger partial charge in [0, 0.05) is 19.4 Å². The van der Waals surface area contributed by atoms with E-state index in [4.69, 9.17) is 14.2 Å². The molecule has 0 aromatic carbocycles. The first-order valence-corrected chi connectivity index (χ1v) is 26.1. The van der Waals surface area contributed by atoms with Crippen molar-refractivity contribution >= 4 is 11.9 Å². The molecular weight excluding hydrogens is 789 g/mol. The van der Waals surface area contributed by atoms with E-state index in [-0.39, 0.29) is 25.2 Å². The van der Waals surface area contributed by atoms with Crippen molar-refractivity contribution in [3.63, 3.8) is 0 Å². The van der Waals surface area contributed by atoms with Crippen LogP contribution in [-0.2, 0) is 23.8 Å². The fraction of sp³-hybridized carbons (Fsp3) is 0.627. The molecule has 0 fully saturated rings. The Labute approximate surface area is 395 Å². The number of hydrogen-bond donors (Lipinski definition) is 0. The van der Waals surface area contributed by atoms with E-state index < -0.39 is 6.10 Å². The van der Waals surface area contributed by atoms with E-state index in [1.807, 2.05) is 0 Å². The van der Waals surface area contributed by atoms with E-state index in [2.05, 4.69) is 142 Å². The average molecular weight is 885 g/mol. The molecule has 0 radical (unpaired) electrons. The molecule has 0 amide bonds. The number of allylic oxidation sites excluding steroid dienone is 20. The molecule has 0 aromatic heterocycles. The molecule has 0 saturated heterocycles. The van der Waals surface area contributed by atoms with Crippen LogP contribution in [0.2, 0.25) is 0 Å². The second-order valence-corrected chi connectivity index (χ2v) is 16.6. The van der Waals surface area contributed by atoms with Crippen LogP contribution in [0.25, 0.3) is 0 Å². The van der Waals surface area contributed by atoms with Crippen LogP contribution in [0, 0.1) is 0 Å². The third-order valence-corrected chi connectivity index (χ3v) is 10.5. The quantitative estimate of drug-likeness (QED) is 0.0346. The van der Waals surface area contributed by atoms with Crippen LogP contribution in [0.15, 0.2) is 122 Å². The Bertz CT molecular complexity index is 1320. The molecule has 0 saturated carbocycles. The summed E-state index contributed by atoms with van der Waals surface area (Å²) in [6.07, 6.45) is 75.0. The molecule has 362 valence electrons. The van der Waals surface area contributed by atoms with Crippen molar-refractivity contribution < 1.29 is 23.8 Å². The molecular formula is C59H96O5. The monoisotopic (exact) mass is 885 g/mol. The van der Waals surface area contributed by atoms with Gasteiger partial charge < -0.3 is 14.2 Å². The Morgan fingerprint density at radius 1 is 0.344 bits per heavy atom. The molecule has 0 bridgehead atoms. The zero-order chi connectivity index (χ0) is 46.3. The van der Waals surface area contributed by atoms with Crippen LogP contribution < -0.4 is 0 Å². The van der Waals surface area contributed by atoms with Gasteiger partial charge >= 0.3 is 11.9 Å². The van der Waals surface area contributed by atoms with Gasteiger partial charge in [-0.15, -0.1) is 0 Å². The third kappa shape index (κ3) is 50.9. The van der Waals surface area contributed by atoms with Crippen molar-refractivity contribution in [2.45, 2.75) is 219 Å². The SMILES string of the molecule is CC/C=C\C/C=C\C/C=C\C/C=C\CCCCCCCOCC(COC(=O)CCCCCCCCC/C=C\C/C=C\C/C=C\CC)OC(=O)CCCCC/C=C\C/C=C\C/C=C\CC. The summed E-state index contributed by atoms with van der Waals surface area (Å²) < 4.78 is 17.4. The van der Waals surface area contributed by atoms with E-state index in [0.717, 1.165) is 135 Å².